The molecule has 0 aliphatic carbocycles. The number of H-pyrrole nitrogens is 1. The first-order chi connectivity index (χ1) is 13.8. The van der Waals surface area contributed by atoms with Gasteiger partial charge in [0, 0.05) is 36.5 Å². The Bertz CT molecular complexity index is 976. The molecule has 2 fully saturated rings. The lowest BCUT2D eigenvalue weighted by Gasteiger charge is -2.38. The van der Waals surface area contributed by atoms with Crippen molar-refractivity contribution < 1.29 is 9.53 Å². The molecule has 0 radical (unpaired) electrons. The number of carbonyl (C=O) groups is 1. The molecule has 2 N–H and O–H groups in total. The second-order valence-corrected chi connectivity index (χ2v) is 7.80. The molecule has 1 unspecified atom stereocenters. The van der Waals surface area contributed by atoms with Gasteiger partial charge in [-0.3, -0.25) is 4.90 Å². The number of hydrogen-bond acceptors (Lipinski definition) is 3. The van der Waals surface area contributed by atoms with Gasteiger partial charge >= 0.3 is 6.09 Å². The van der Waals surface area contributed by atoms with Crippen LogP contribution in [0.1, 0.15) is 30.0 Å². The van der Waals surface area contributed by atoms with E-state index in [2.05, 4.69) is 46.8 Å². The summed E-state index contributed by atoms with van der Waals surface area (Å²) in [6, 6.07) is 18.6. The summed E-state index contributed by atoms with van der Waals surface area (Å²) in [5.41, 5.74) is 3.11. The summed E-state index contributed by atoms with van der Waals surface area (Å²) in [7, 11) is 0. The van der Waals surface area contributed by atoms with Crippen LogP contribution in [0, 0.1) is 0 Å². The number of ether oxygens (including phenoxy) is 1. The van der Waals surface area contributed by atoms with Crippen molar-refractivity contribution in [3.63, 3.8) is 0 Å². The van der Waals surface area contributed by atoms with Gasteiger partial charge in [0.2, 0.25) is 0 Å². The Kier molecular flexibility index (Phi) is 4.32. The lowest BCUT2D eigenvalue weighted by Crippen LogP contribution is -2.47. The Labute approximate surface area is 164 Å². The summed E-state index contributed by atoms with van der Waals surface area (Å²) < 4.78 is 6.07. The van der Waals surface area contributed by atoms with Gasteiger partial charge in [0.1, 0.15) is 11.6 Å². The van der Waals surface area contributed by atoms with E-state index in [0.717, 1.165) is 43.4 Å². The normalized spacial score (nSPS) is 21.4. The van der Waals surface area contributed by atoms with Gasteiger partial charge < -0.3 is 15.0 Å². The van der Waals surface area contributed by atoms with Crippen molar-refractivity contribution in [2.75, 3.05) is 19.6 Å². The van der Waals surface area contributed by atoms with Crippen LogP contribution in [0.25, 0.3) is 10.9 Å². The van der Waals surface area contributed by atoms with Crippen molar-refractivity contribution in [3.05, 3.63) is 71.9 Å². The monoisotopic (exact) mass is 375 g/mol. The third kappa shape index (κ3) is 2.87. The number of para-hydroxylation sites is 1. The third-order valence-corrected chi connectivity index (χ3v) is 6.20. The lowest BCUT2D eigenvalue weighted by atomic mass is 9.81. The second-order valence-electron chi connectivity index (χ2n) is 7.80. The van der Waals surface area contributed by atoms with Crippen LogP contribution >= 0.6 is 0 Å². The molecule has 5 heteroatoms. The lowest BCUT2D eigenvalue weighted by molar-refractivity contribution is 0.00675. The number of amides is 1. The van der Waals surface area contributed by atoms with Crippen molar-refractivity contribution in [2.45, 2.75) is 30.9 Å². The van der Waals surface area contributed by atoms with Gasteiger partial charge in [-0.25, -0.2) is 4.79 Å². The highest BCUT2D eigenvalue weighted by molar-refractivity contribution is 5.83. The predicted molar refractivity (Wildman–Crippen MR) is 109 cm³/mol. The maximum absolute atomic E-state index is 12.9. The number of hydrogen-bond donors (Lipinski definition) is 2. The average Bonchev–Trinajstić information content (AvgIpc) is 3.26. The number of fused-ring (bicyclic) bond motifs is 1. The Hall–Kier alpha value is -2.79. The maximum atomic E-state index is 12.9. The molecule has 144 valence electrons. The molecular formula is C23H25N3O2. The number of aromatic nitrogens is 1. The number of piperidine rings is 1. The molecule has 5 nitrogen and oxygen atoms in total. The van der Waals surface area contributed by atoms with Gasteiger partial charge in [-0.05, 0) is 36.7 Å². The quantitative estimate of drug-likeness (QED) is 0.724. The second kappa shape index (κ2) is 6.99. The number of rotatable bonds is 4. The molecule has 0 saturated carbocycles. The molecule has 2 saturated heterocycles. The molecule has 2 aromatic carbocycles. The smallest absolute Gasteiger partial charge is 0.411 e. The summed E-state index contributed by atoms with van der Waals surface area (Å²) in [5.74, 6) is 0. The molecule has 1 spiro atoms. The first kappa shape index (κ1) is 17.3. The fourth-order valence-electron chi connectivity index (χ4n) is 4.82. The molecule has 2 aliphatic heterocycles. The summed E-state index contributed by atoms with van der Waals surface area (Å²) in [5, 5.41) is 4.62. The molecule has 1 amide bonds. The summed E-state index contributed by atoms with van der Waals surface area (Å²) in [6.07, 6.45) is 4.38. The molecule has 1 atom stereocenters. The van der Waals surface area contributed by atoms with Crippen molar-refractivity contribution in [2.24, 2.45) is 0 Å². The van der Waals surface area contributed by atoms with E-state index in [1.807, 2.05) is 29.2 Å². The highest BCUT2D eigenvalue weighted by Gasteiger charge is 2.54. The van der Waals surface area contributed by atoms with Gasteiger partial charge in [-0.1, -0.05) is 48.5 Å². The summed E-state index contributed by atoms with van der Waals surface area (Å²) in [6.45, 7) is 2.41. The van der Waals surface area contributed by atoms with Crippen molar-refractivity contribution in [1.82, 2.24) is 15.2 Å². The van der Waals surface area contributed by atoms with E-state index in [1.54, 1.807) is 0 Å². The first-order valence-electron chi connectivity index (χ1n) is 10.1. The molecule has 5 rings (SSSR count). The van der Waals surface area contributed by atoms with Crippen molar-refractivity contribution >= 4 is 17.0 Å². The van der Waals surface area contributed by atoms with Crippen LogP contribution in [-0.4, -0.2) is 41.2 Å². The van der Waals surface area contributed by atoms with Crippen LogP contribution in [0.2, 0.25) is 0 Å². The molecule has 1 aromatic heterocycles. The van der Waals surface area contributed by atoms with E-state index in [0.29, 0.717) is 6.54 Å². The van der Waals surface area contributed by atoms with E-state index < -0.39 is 5.60 Å². The fourth-order valence-corrected chi connectivity index (χ4v) is 4.82. The zero-order valence-electron chi connectivity index (χ0n) is 15.9. The zero-order chi connectivity index (χ0) is 19.0. The molecule has 3 heterocycles. The maximum Gasteiger partial charge on any atom is 0.411 e. The van der Waals surface area contributed by atoms with E-state index in [4.69, 9.17) is 4.74 Å². The third-order valence-electron chi connectivity index (χ3n) is 6.20. The number of benzene rings is 2. The van der Waals surface area contributed by atoms with Gasteiger partial charge in [0.25, 0.3) is 0 Å². The zero-order valence-corrected chi connectivity index (χ0v) is 15.9. The van der Waals surface area contributed by atoms with E-state index >= 15 is 0 Å². The minimum absolute atomic E-state index is 0.0338. The largest absolute Gasteiger partial charge is 0.440 e. The SMILES string of the molecule is O=C1OC2(CCNCC2)C(c2ccccc2)N1CCc1c[nH]c2ccccc12. The average molecular weight is 375 g/mol. The molecule has 3 aromatic rings. The van der Waals surface area contributed by atoms with Crippen LogP contribution in [0.4, 0.5) is 4.79 Å². The van der Waals surface area contributed by atoms with Crippen LogP contribution < -0.4 is 5.32 Å². The van der Waals surface area contributed by atoms with E-state index in [9.17, 15) is 4.79 Å². The molecule has 2 aliphatic rings. The fraction of sp³-hybridized carbons (Fsp3) is 0.348. The highest BCUT2D eigenvalue weighted by Crippen LogP contribution is 2.46. The number of nitrogens with zero attached hydrogens (tertiary/aromatic N) is 1. The van der Waals surface area contributed by atoms with Crippen LogP contribution in [0.3, 0.4) is 0 Å². The molecular weight excluding hydrogens is 350 g/mol. The Balaban J connectivity index is 1.45. The Morgan fingerprint density at radius 3 is 2.61 bits per heavy atom. The number of nitrogens with one attached hydrogen (secondary N) is 2. The van der Waals surface area contributed by atoms with Gasteiger partial charge in [-0.2, -0.15) is 0 Å². The number of carbonyl (C=O) groups excluding carboxylic acids is 1. The van der Waals surface area contributed by atoms with Gasteiger partial charge in [-0.15, -0.1) is 0 Å². The Morgan fingerprint density at radius 2 is 1.79 bits per heavy atom. The predicted octanol–water partition coefficient (Wildman–Crippen LogP) is 4.03. The summed E-state index contributed by atoms with van der Waals surface area (Å²) in [4.78, 5) is 18.2. The van der Waals surface area contributed by atoms with Crippen LogP contribution in [0.15, 0.2) is 60.8 Å². The minimum atomic E-state index is -0.427. The van der Waals surface area contributed by atoms with Crippen LogP contribution in [0.5, 0.6) is 0 Å². The molecule has 0 bridgehead atoms. The van der Waals surface area contributed by atoms with Gasteiger partial charge in [0.05, 0.1) is 0 Å². The summed E-state index contributed by atoms with van der Waals surface area (Å²) >= 11 is 0. The highest BCUT2D eigenvalue weighted by atomic mass is 16.6. The van der Waals surface area contributed by atoms with Gasteiger partial charge in [0.15, 0.2) is 0 Å². The minimum Gasteiger partial charge on any atom is -0.440 e. The molecule has 28 heavy (non-hydrogen) atoms. The first-order valence-corrected chi connectivity index (χ1v) is 10.1. The van der Waals surface area contributed by atoms with E-state index in [1.165, 1.54) is 10.9 Å². The number of aromatic amines is 1. The van der Waals surface area contributed by atoms with Crippen molar-refractivity contribution in [1.29, 1.82) is 0 Å². The van der Waals surface area contributed by atoms with Crippen LogP contribution in [-0.2, 0) is 11.2 Å². The Morgan fingerprint density at radius 1 is 1.04 bits per heavy atom. The standard InChI is InChI=1S/C23H25N3O2/c27-22-26(15-10-18-16-25-20-9-5-4-8-19(18)20)21(17-6-2-1-3-7-17)23(28-22)11-13-24-14-12-23/h1-9,16,21,24-25H,10-15H2. The van der Waals surface area contributed by atoms with E-state index in [-0.39, 0.29) is 12.1 Å². The topological polar surface area (TPSA) is 57.4 Å². The van der Waals surface area contributed by atoms with Crippen molar-refractivity contribution in [3.8, 4) is 0 Å².